The number of fused-ring (bicyclic) bond motifs is 1. The van der Waals surface area contributed by atoms with Crippen molar-refractivity contribution in [1.82, 2.24) is 10.3 Å². The van der Waals surface area contributed by atoms with Gasteiger partial charge in [0.25, 0.3) is 11.5 Å². The first kappa shape index (κ1) is 18.6. The van der Waals surface area contributed by atoms with Gasteiger partial charge in [-0.3, -0.25) is 9.59 Å². The SMILES string of the molecule is C1=CSCC1.CNC(=O)c1cc2ccc(C3CC(F)(F)C3)cc2[nH]c1=O. The zero-order valence-corrected chi connectivity index (χ0v) is 15.2. The van der Waals surface area contributed by atoms with Crippen molar-refractivity contribution in [3.63, 3.8) is 0 Å². The molecular weight excluding hydrogens is 358 g/mol. The predicted octanol–water partition coefficient (Wildman–Crippen LogP) is 4.04. The number of thioether (sulfide) groups is 1. The monoisotopic (exact) mass is 378 g/mol. The minimum absolute atomic E-state index is 0.0351. The number of benzene rings is 1. The number of allylic oxidation sites excluding steroid dienone is 1. The van der Waals surface area contributed by atoms with Gasteiger partial charge < -0.3 is 10.3 Å². The summed E-state index contributed by atoms with van der Waals surface area (Å²) in [7, 11) is 1.45. The zero-order chi connectivity index (χ0) is 18.7. The van der Waals surface area contributed by atoms with Gasteiger partial charge in [-0.2, -0.15) is 0 Å². The standard InChI is InChI=1S/C15H14F2N2O2.C4H6S/c1-18-13(20)11-4-9-3-2-8(5-12(9)19-14(11)21)10-6-15(16,17)7-10;1-2-4-5-3-1/h2-5,10H,6-7H2,1H3,(H,18,20)(H,19,21);1,3H,2,4H2. The van der Waals surface area contributed by atoms with E-state index >= 15 is 0 Å². The molecule has 0 radical (unpaired) electrons. The Morgan fingerprint density at radius 2 is 2.08 bits per heavy atom. The topological polar surface area (TPSA) is 62.0 Å². The van der Waals surface area contributed by atoms with Crippen LogP contribution in [0.1, 0.15) is 41.1 Å². The molecule has 0 bridgehead atoms. The number of nitrogens with one attached hydrogen (secondary N) is 2. The Morgan fingerprint density at radius 3 is 2.62 bits per heavy atom. The number of aromatic nitrogens is 1. The molecule has 4 rings (SSSR count). The Balaban J connectivity index is 0.000000339. The molecule has 1 saturated carbocycles. The number of H-pyrrole nitrogens is 1. The fourth-order valence-corrected chi connectivity index (χ4v) is 3.69. The van der Waals surface area contributed by atoms with Crippen molar-refractivity contribution in [3.05, 3.63) is 57.2 Å². The number of rotatable bonds is 2. The van der Waals surface area contributed by atoms with Crippen LogP contribution >= 0.6 is 11.8 Å². The van der Waals surface area contributed by atoms with Gasteiger partial charge in [-0.25, -0.2) is 8.78 Å². The Labute approximate surface area is 154 Å². The van der Waals surface area contributed by atoms with Gasteiger partial charge in [-0.05, 0) is 40.8 Å². The normalized spacial score (nSPS) is 18.1. The molecule has 1 aliphatic carbocycles. The van der Waals surface area contributed by atoms with Gasteiger partial charge >= 0.3 is 0 Å². The number of carbonyl (C=O) groups is 1. The second-order valence-electron chi connectivity index (χ2n) is 6.43. The highest BCUT2D eigenvalue weighted by Gasteiger charge is 2.45. The number of aromatic amines is 1. The van der Waals surface area contributed by atoms with Crippen LogP contribution in [0.3, 0.4) is 0 Å². The van der Waals surface area contributed by atoms with Crippen LogP contribution in [0.5, 0.6) is 0 Å². The van der Waals surface area contributed by atoms with E-state index in [1.807, 2.05) is 11.8 Å². The van der Waals surface area contributed by atoms with E-state index in [0.29, 0.717) is 10.9 Å². The second kappa shape index (κ2) is 7.61. The number of amides is 1. The molecule has 2 heterocycles. The number of pyridine rings is 1. The lowest BCUT2D eigenvalue weighted by molar-refractivity contribution is -0.0867. The summed E-state index contributed by atoms with van der Waals surface area (Å²) >= 11 is 1.89. The Morgan fingerprint density at radius 1 is 1.31 bits per heavy atom. The molecular formula is C19H20F2N2O2S. The maximum absolute atomic E-state index is 12.9. The van der Waals surface area contributed by atoms with Crippen molar-refractivity contribution in [3.8, 4) is 0 Å². The maximum atomic E-state index is 12.9. The average Bonchev–Trinajstić information content (AvgIpc) is 3.17. The Hall–Kier alpha value is -2.15. The highest BCUT2D eigenvalue weighted by molar-refractivity contribution is 8.02. The summed E-state index contributed by atoms with van der Waals surface area (Å²) in [6.07, 6.45) is 3.17. The van der Waals surface area contributed by atoms with E-state index < -0.39 is 17.4 Å². The van der Waals surface area contributed by atoms with Gasteiger partial charge in [0.2, 0.25) is 5.92 Å². The Kier molecular flexibility index (Phi) is 5.46. The lowest BCUT2D eigenvalue weighted by Gasteiger charge is -2.35. The summed E-state index contributed by atoms with van der Waals surface area (Å²) in [5.41, 5.74) is 0.892. The van der Waals surface area contributed by atoms with Crippen molar-refractivity contribution < 1.29 is 13.6 Å². The molecule has 2 aliphatic rings. The molecule has 4 nitrogen and oxygen atoms in total. The first-order chi connectivity index (χ1) is 12.4. The molecule has 0 spiro atoms. The van der Waals surface area contributed by atoms with E-state index in [1.54, 1.807) is 18.2 Å². The molecule has 0 atom stereocenters. The van der Waals surface area contributed by atoms with Gasteiger partial charge in [0.15, 0.2) is 0 Å². The fourth-order valence-electron chi connectivity index (χ4n) is 3.01. The van der Waals surface area contributed by atoms with Crippen LogP contribution in [-0.4, -0.2) is 29.6 Å². The van der Waals surface area contributed by atoms with Gasteiger partial charge in [0, 0.05) is 31.2 Å². The molecule has 2 N–H and O–H groups in total. The number of alkyl halides is 2. The highest BCUT2D eigenvalue weighted by atomic mass is 32.2. The maximum Gasteiger partial charge on any atom is 0.261 e. The van der Waals surface area contributed by atoms with Crippen LogP contribution in [0.25, 0.3) is 10.9 Å². The summed E-state index contributed by atoms with van der Waals surface area (Å²) in [5.74, 6) is -1.90. The number of carbonyl (C=O) groups excluding carboxylic acids is 1. The first-order valence-electron chi connectivity index (χ1n) is 8.43. The molecule has 0 unspecified atom stereocenters. The van der Waals surface area contributed by atoms with E-state index in [0.717, 1.165) is 5.56 Å². The minimum Gasteiger partial charge on any atom is -0.355 e. The van der Waals surface area contributed by atoms with Crippen LogP contribution in [0, 0.1) is 0 Å². The quantitative estimate of drug-likeness (QED) is 0.829. The first-order valence-corrected chi connectivity index (χ1v) is 9.48. The summed E-state index contributed by atoms with van der Waals surface area (Å²) in [4.78, 5) is 26.1. The van der Waals surface area contributed by atoms with E-state index in [-0.39, 0.29) is 24.3 Å². The van der Waals surface area contributed by atoms with Crippen LogP contribution in [0.2, 0.25) is 0 Å². The number of halogens is 2. The summed E-state index contributed by atoms with van der Waals surface area (Å²) in [6.45, 7) is 0. The van der Waals surface area contributed by atoms with E-state index in [1.165, 1.54) is 25.3 Å². The van der Waals surface area contributed by atoms with Gasteiger partial charge in [-0.1, -0.05) is 18.2 Å². The third kappa shape index (κ3) is 4.15. The van der Waals surface area contributed by atoms with Crippen LogP contribution in [0.4, 0.5) is 8.78 Å². The molecule has 1 amide bonds. The number of hydrogen-bond acceptors (Lipinski definition) is 3. The molecule has 138 valence electrons. The number of hydrogen-bond donors (Lipinski definition) is 2. The van der Waals surface area contributed by atoms with Crippen molar-refractivity contribution in [2.75, 3.05) is 12.8 Å². The zero-order valence-electron chi connectivity index (χ0n) is 14.4. The highest BCUT2D eigenvalue weighted by Crippen LogP contribution is 2.48. The van der Waals surface area contributed by atoms with Crippen molar-refractivity contribution in [2.45, 2.75) is 31.1 Å². The Bertz CT molecular complexity index is 894. The van der Waals surface area contributed by atoms with Crippen molar-refractivity contribution >= 4 is 28.6 Å². The van der Waals surface area contributed by atoms with Crippen molar-refractivity contribution in [2.24, 2.45) is 0 Å². The van der Waals surface area contributed by atoms with Gasteiger partial charge in [0.1, 0.15) is 5.56 Å². The molecule has 2 aromatic rings. The third-order valence-corrected chi connectivity index (χ3v) is 5.35. The smallest absolute Gasteiger partial charge is 0.261 e. The molecule has 1 aliphatic heterocycles. The lowest BCUT2D eigenvalue weighted by Crippen LogP contribution is -2.33. The van der Waals surface area contributed by atoms with Crippen LogP contribution < -0.4 is 10.9 Å². The molecule has 1 aromatic carbocycles. The lowest BCUT2D eigenvalue weighted by atomic mass is 9.76. The summed E-state index contributed by atoms with van der Waals surface area (Å²) in [5, 5.41) is 5.25. The summed E-state index contributed by atoms with van der Waals surface area (Å²) in [6, 6.07) is 6.73. The van der Waals surface area contributed by atoms with Crippen LogP contribution in [0.15, 0.2) is 40.5 Å². The molecule has 0 saturated heterocycles. The largest absolute Gasteiger partial charge is 0.355 e. The van der Waals surface area contributed by atoms with Gasteiger partial charge in [-0.15, -0.1) is 11.8 Å². The third-order valence-electron chi connectivity index (χ3n) is 4.50. The van der Waals surface area contributed by atoms with Crippen molar-refractivity contribution in [1.29, 1.82) is 0 Å². The predicted molar refractivity (Wildman–Crippen MR) is 101 cm³/mol. The van der Waals surface area contributed by atoms with E-state index in [9.17, 15) is 18.4 Å². The fraction of sp³-hybridized carbons (Fsp3) is 0.368. The average molecular weight is 378 g/mol. The molecule has 1 aromatic heterocycles. The molecule has 1 fully saturated rings. The minimum atomic E-state index is -2.57. The van der Waals surface area contributed by atoms with E-state index in [2.05, 4.69) is 21.8 Å². The van der Waals surface area contributed by atoms with E-state index in [4.69, 9.17) is 0 Å². The van der Waals surface area contributed by atoms with Gasteiger partial charge in [0.05, 0.1) is 0 Å². The molecule has 26 heavy (non-hydrogen) atoms. The van der Waals surface area contributed by atoms with Crippen LogP contribution in [-0.2, 0) is 0 Å². The second-order valence-corrected chi connectivity index (χ2v) is 7.44. The molecule has 7 heteroatoms. The summed E-state index contributed by atoms with van der Waals surface area (Å²) < 4.78 is 25.9.